The largest absolute Gasteiger partial charge is 0.477 e. The van der Waals surface area contributed by atoms with Crippen LogP contribution in [0.3, 0.4) is 0 Å². The summed E-state index contributed by atoms with van der Waals surface area (Å²) in [5, 5.41) is 10.1. The zero-order chi connectivity index (χ0) is 22.7. The van der Waals surface area contributed by atoms with E-state index >= 15 is 0 Å². The second-order valence-electron chi connectivity index (χ2n) is 9.55. The topological polar surface area (TPSA) is 60.9 Å². The number of aromatic carboxylic acids is 1. The summed E-state index contributed by atoms with van der Waals surface area (Å²) in [5.74, 6) is -0.160. The summed E-state index contributed by atoms with van der Waals surface area (Å²) in [7, 11) is 2.12. The van der Waals surface area contributed by atoms with Gasteiger partial charge >= 0.3 is 5.97 Å². The zero-order valence-corrected chi connectivity index (χ0v) is 21.2. The van der Waals surface area contributed by atoms with Gasteiger partial charge in [0.05, 0.1) is 5.69 Å². The molecule has 0 bridgehead atoms. The first-order valence-corrected chi connectivity index (χ1v) is 12.7. The highest BCUT2D eigenvalue weighted by Gasteiger charge is 2.36. The third-order valence-corrected chi connectivity index (χ3v) is 8.27. The van der Waals surface area contributed by atoms with Crippen LogP contribution in [0.25, 0.3) is 10.4 Å². The maximum absolute atomic E-state index is 13.9. The van der Waals surface area contributed by atoms with Crippen molar-refractivity contribution in [3.8, 4) is 10.4 Å². The van der Waals surface area contributed by atoms with Crippen molar-refractivity contribution < 1.29 is 14.7 Å². The van der Waals surface area contributed by atoms with E-state index in [1.807, 2.05) is 41.3 Å². The Morgan fingerprint density at radius 3 is 2.39 bits per heavy atom. The van der Waals surface area contributed by atoms with Crippen LogP contribution < -0.4 is 4.90 Å². The second-order valence-corrected chi connectivity index (χ2v) is 10.6. The predicted octanol–water partition coefficient (Wildman–Crippen LogP) is 6.18. The number of thiophene rings is 1. The molecule has 5 nitrogen and oxygen atoms in total. The number of hydrogen-bond acceptors (Lipinski definition) is 4. The number of halogens is 1. The quantitative estimate of drug-likeness (QED) is 0.543. The lowest BCUT2D eigenvalue weighted by Crippen LogP contribution is -2.45. The molecule has 2 aromatic rings. The Morgan fingerprint density at radius 1 is 1.03 bits per heavy atom. The summed E-state index contributed by atoms with van der Waals surface area (Å²) in [6, 6.07) is 11.9. The van der Waals surface area contributed by atoms with Crippen molar-refractivity contribution in [2.75, 3.05) is 25.0 Å². The van der Waals surface area contributed by atoms with Gasteiger partial charge in [-0.05, 0) is 82.6 Å². The highest BCUT2D eigenvalue weighted by Crippen LogP contribution is 2.41. The minimum Gasteiger partial charge on any atom is -0.477 e. The fraction of sp³-hybridized carbons (Fsp3) is 0.538. The van der Waals surface area contributed by atoms with Crippen molar-refractivity contribution in [3.63, 3.8) is 0 Å². The molecule has 2 fully saturated rings. The number of hydrogen-bond donors (Lipinski definition) is 1. The van der Waals surface area contributed by atoms with E-state index in [-0.39, 0.29) is 35.2 Å². The number of rotatable bonds is 5. The molecule has 1 saturated carbocycles. The lowest BCUT2D eigenvalue weighted by Gasteiger charge is -2.36. The molecule has 1 N–H and O–H groups in total. The second kappa shape index (κ2) is 11.5. The maximum Gasteiger partial charge on any atom is 0.348 e. The third kappa shape index (κ3) is 5.97. The number of carboxylic acid groups (broad SMARTS) is 1. The minimum absolute atomic E-state index is 0. The van der Waals surface area contributed by atoms with Crippen LogP contribution in [-0.2, 0) is 4.79 Å². The molecule has 1 aromatic carbocycles. The number of nitrogens with zero attached hydrogens (tertiary/aromatic N) is 2. The van der Waals surface area contributed by atoms with Crippen LogP contribution in [0.2, 0.25) is 0 Å². The van der Waals surface area contributed by atoms with E-state index in [2.05, 4.69) is 18.9 Å². The van der Waals surface area contributed by atoms with Crippen LogP contribution in [0.1, 0.15) is 61.5 Å². The number of anilines is 1. The van der Waals surface area contributed by atoms with Crippen molar-refractivity contribution in [2.24, 2.45) is 11.8 Å². The van der Waals surface area contributed by atoms with Gasteiger partial charge in [-0.1, -0.05) is 37.3 Å². The van der Waals surface area contributed by atoms with E-state index < -0.39 is 5.97 Å². The molecule has 1 amide bonds. The first-order valence-electron chi connectivity index (χ1n) is 11.9. The van der Waals surface area contributed by atoms with Crippen molar-refractivity contribution in [3.05, 3.63) is 41.3 Å². The number of likely N-dealkylation sites (tertiary alicyclic amines) is 1. The van der Waals surface area contributed by atoms with Crippen LogP contribution in [0, 0.1) is 11.8 Å². The van der Waals surface area contributed by atoms with Gasteiger partial charge in [0.15, 0.2) is 0 Å². The molecule has 1 aromatic heterocycles. The summed E-state index contributed by atoms with van der Waals surface area (Å²) < 4.78 is 0. The number of carbonyl (C=O) groups excluding carboxylic acids is 1. The SMILES string of the molecule is CC1CCC(C(=O)N(c2cc(-c3ccccc3)sc2C(=O)O)C2CCCN(C)CC2)CC1.Cl. The van der Waals surface area contributed by atoms with E-state index in [1.54, 1.807) is 0 Å². The van der Waals surface area contributed by atoms with Gasteiger partial charge in [-0.3, -0.25) is 4.79 Å². The molecule has 1 saturated heterocycles. The van der Waals surface area contributed by atoms with Crippen LogP contribution in [0.15, 0.2) is 36.4 Å². The van der Waals surface area contributed by atoms with E-state index in [1.165, 1.54) is 11.3 Å². The average Bonchev–Trinajstić information content (AvgIpc) is 3.12. The van der Waals surface area contributed by atoms with Gasteiger partial charge in [0.25, 0.3) is 0 Å². The van der Waals surface area contributed by atoms with Crippen molar-refractivity contribution in [2.45, 2.75) is 57.9 Å². The van der Waals surface area contributed by atoms with E-state index in [0.717, 1.165) is 68.5 Å². The van der Waals surface area contributed by atoms with Gasteiger partial charge in [0, 0.05) is 16.8 Å². The summed E-state index contributed by atoms with van der Waals surface area (Å²) in [5.41, 5.74) is 1.59. The molecule has 2 heterocycles. The Morgan fingerprint density at radius 2 is 1.73 bits per heavy atom. The van der Waals surface area contributed by atoms with Crippen LogP contribution in [0.4, 0.5) is 5.69 Å². The van der Waals surface area contributed by atoms with E-state index in [9.17, 15) is 14.7 Å². The minimum atomic E-state index is -0.951. The number of benzene rings is 1. The summed E-state index contributed by atoms with van der Waals surface area (Å²) in [6.07, 6.45) is 6.76. The van der Waals surface area contributed by atoms with Gasteiger partial charge in [0.2, 0.25) is 5.91 Å². The lowest BCUT2D eigenvalue weighted by atomic mass is 9.82. The molecule has 4 rings (SSSR count). The fourth-order valence-electron chi connectivity index (χ4n) is 5.14. The van der Waals surface area contributed by atoms with E-state index in [0.29, 0.717) is 11.6 Å². The van der Waals surface area contributed by atoms with Gasteiger partial charge in [0.1, 0.15) is 4.88 Å². The average molecular weight is 491 g/mol. The molecular formula is C26H35ClN2O3S. The van der Waals surface area contributed by atoms with Gasteiger partial charge in [-0.15, -0.1) is 23.7 Å². The molecule has 0 radical (unpaired) electrons. The molecule has 7 heteroatoms. The highest BCUT2D eigenvalue weighted by molar-refractivity contribution is 7.18. The molecule has 2 aliphatic rings. The fourth-order valence-corrected chi connectivity index (χ4v) is 6.13. The maximum atomic E-state index is 13.9. The Bertz CT molecular complexity index is 940. The summed E-state index contributed by atoms with van der Waals surface area (Å²) in [4.78, 5) is 31.6. The summed E-state index contributed by atoms with van der Waals surface area (Å²) in [6.45, 7) is 4.20. The summed E-state index contributed by atoms with van der Waals surface area (Å²) >= 11 is 1.28. The zero-order valence-electron chi connectivity index (χ0n) is 19.5. The van der Waals surface area contributed by atoms with Crippen molar-refractivity contribution in [1.82, 2.24) is 4.90 Å². The van der Waals surface area contributed by atoms with Gasteiger partial charge in [-0.25, -0.2) is 4.79 Å². The standard InChI is InChI=1S/C26H34N2O3S.ClH/c1-18-10-12-20(13-11-18)25(29)28(21-9-6-15-27(2)16-14-21)22-17-23(32-24(22)26(30)31)19-7-4-3-5-8-19;/h3-5,7-8,17-18,20-21H,6,9-16H2,1-2H3,(H,30,31);1H. The van der Waals surface area contributed by atoms with Crippen molar-refractivity contribution >= 4 is 41.3 Å². The molecule has 1 aliphatic carbocycles. The predicted molar refractivity (Wildman–Crippen MR) is 138 cm³/mol. The number of carboxylic acids is 1. The smallest absolute Gasteiger partial charge is 0.348 e. The molecule has 1 unspecified atom stereocenters. The van der Waals surface area contributed by atoms with Gasteiger partial charge < -0.3 is 14.9 Å². The van der Waals surface area contributed by atoms with Gasteiger partial charge in [-0.2, -0.15) is 0 Å². The Labute approximate surface area is 207 Å². The molecule has 0 spiro atoms. The van der Waals surface area contributed by atoms with E-state index in [4.69, 9.17) is 0 Å². The monoisotopic (exact) mass is 490 g/mol. The van der Waals surface area contributed by atoms with Crippen molar-refractivity contribution in [1.29, 1.82) is 0 Å². The number of carbonyl (C=O) groups is 2. The Balaban J connectivity index is 0.00000306. The van der Waals surface area contributed by atoms with Crippen LogP contribution in [0.5, 0.6) is 0 Å². The number of amides is 1. The first kappa shape index (κ1) is 25.7. The lowest BCUT2D eigenvalue weighted by molar-refractivity contribution is -0.124. The highest BCUT2D eigenvalue weighted by atomic mass is 35.5. The first-order chi connectivity index (χ1) is 15.4. The molecule has 1 aliphatic heterocycles. The molecule has 1 atom stereocenters. The molecular weight excluding hydrogens is 456 g/mol. The molecule has 180 valence electrons. The van der Waals surface area contributed by atoms with Crippen LogP contribution in [-0.4, -0.2) is 48.1 Å². The third-order valence-electron chi connectivity index (χ3n) is 7.11. The Kier molecular flexibility index (Phi) is 8.96. The normalized spacial score (nSPS) is 23.9. The molecule has 33 heavy (non-hydrogen) atoms. The Hall–Kier alpha value is -1.89. The van der Waals surface area contributed by atoms with Crippen LogP contribution >= 0.6 is 23.7 Å².